The van der Waals surface area contributed by atoms with Gasteiger partial charge in [-0.05, 0) is 18.6 Å². The van der Waals surface area contributed by atoms with E-state index < -0.39 is 0 Å². The Labute approximate surface area is 118 Å². The van der Waals surface area contributed by atoms with E-state index in [0.29, 0.717) is 0 Å². The maximum Gasteiger partial charge on any atom is 0.108 e. The fourth-order valence-corrected chi connectivity index (χ4v) is 2.70. The number of hydrogen-bond donors (Lipinski definition) is 0. The minimum atomic E-state index is 0.234. The molecule has 0 saturated carbocycles. The van der Waals surface area contributed by atoms with Gasteiger partial charge in [-0.15, -0.1) is 0 Å². The van der Waals surface area contributed by atoms with Crippen molar-refractivity contribution >= 4 is 10.9 Å². The zero-order valence-electron chi connectivity index (χ0n) is 11.3. The van der Waals surface area contributed by atoms with Crippen LogP contribution in [0.2, 0.25) is 0 Å². The Hall–Kier alpha value is -2.19. The molecule has 1 unspecified atom stereocenters. The normalized spacial score (nSPS) is 17.4. The third kappa shape index (κ3) is 1.89. The van der Waals surface area contributed by atoms with Gasteiger partial charge in [-0.3, -0.25) is 0 Å². The van der Waals surface area contributed by atoms with Crippen molar-refractivity contribution in [1.82, 2.24) is 4.98 Å². The van der Waals surface area contributed by atoms with Gasteiger partial charge >= 0.3 is 0 Å². The fraction of sp³-hybridized carbons (Fsp3) is 0.167. The van der Waals surface area contributed by atoms with Crippen molar-refractivity contribution in [2.45, 2.75) is 13.0 Å². The number of para-hydroxylation sites is 1. The van der Waals surface area contributed by atoms with Crippen LogP contribution in [0, 0.1) is 6.92 Å². The Balaban J connectivity index is 1.98. The Morgan fingerprint density at radius 3 is 2.60 bits per heavy atom. The smallest absolute Gasteiger partial charge is 0.108 e. The largest absolute Gasteiger partial charge is 0.368 e. The molecule has 2 heterocycles. The molecule has 4 rings (SSSR count). The molecule has 1 atom stereocenters. The van der Waals surface area contributed by atoms with Gasteiger partial charge in [0.25, 0.3) is 0 Å². The third-order valence-electron chi connectivity index (χ3n) is 3.80. The summed E-state index contributed by atoms with van der Waals surface area (Å²) in [4.78, 5) is 4.93. The zero-order chi connectivity index (χ0) is 13.5. The number of epoxide rings is 1. The lowest BCUT2D eigenvalue weighted by Gasteiger charge is -2.10. The summed E-state index contributed by atoms with van der Waals surface area (Å²) in [7, 11) is 0. The topological polar surface area (TPSA) is 25.4 Å². The van der Waals surface area contributed by atoms with Gasteiger partial charge < -0.3 is 4.74 Å². The summed E-state index contributed by atoms with van der Waals surface area (Å²) in [6.07, 6.45) is 0.234. The fourth-order valence-electron chi connectivity index (χ4n) is 2.70. The molecular weight excluding hydrogens is 246 g/mol. The van der Waals surface area contributed by atoms with Gasteiger partial charge in [0.2, 0.25) is 0 Å². The van der Waals surface area contributed by atoms with E-state index >= 15 is 0 Å². The van der Waals surface area contributed by atoms with E-state index in [1.54, 1.807) is 0 Å². The molecule has 1 fully saturated rings. The number of rotatable bonds is 2. The van der Waals surface area contributed by atoms with Crippen LogP contribution >= 0.6 is 0 Å². The number of benzene rings is 2. The van der Waals surface area contributed by atoms with Crippen LogP contribution < -0.4 is 0 Å². The Morgan fingerprint density at radius 2 is 1.85 bits per heavy atom. The Bertz CT molecular complexity index is 776. The highest BCUT2D eigenvalue weighted by atomic mass is 16.6. The second-order valence-corrected chi connectivity index (χ2v) is 5.26. The first-order valence-electron chi connectivity index (χ1n) is 6.90. The number of aryl methyl sites for hydroxylation is 1. The van der Waals surface area contributed by atoms with E-state index in [0.717, 1.165) is 17.8 Å². The number of nitrogens with zero attached hydrogens (tertiary/aromatic N) is 1. The van der Waals surface area contributed by atoms with E-state index in [9.17, 15) is 0 Å². The van der Waals surface area contributed by atoms with Crippen LogP contribution in [0.3, 0.4) is 0 Å². The van der Waals surface area contributed by atoms with Crippen LogP contribution in [0.15, 0.2) is 54.6 Å². The lowest BCUT2D eigenvalue weighted by Crippen LogP contribution is -1.93. The Kier molecular flexibility index (Phi) is 2.57. The number of pyridine rings is 1. The summed E-state index contributed by atoms with van der Waals surface area (Å²) >= 11 is 0. The summed E-state index contributed by atoms with van der Waals surface area (Å²) < 4.78 is 5.44. The van der Waals surface area contributed by atoms with Crippen molar-refractivity contribution in [2.24, 2.45) is 0 Å². The lowest BCUT2D eigenvalue weighted by molar-refractivity contribution is 0.416. The Morgan fingerprint density at radius 1 is 1.05 bits per heavy atom. The predicted molar refractivity (Wildman–Crippen MR) is 80.6 cm³/mol. The van der Waals surface area contributed by atoms with Crippen molar-refractivity contribution in [3.8, 4) is 11.3 Å². The summed E-state index contributed by atoms with van der Waals surface area (Å²) in [5.74, 6) is 0. The van der Waals surface area contributed by atoms with Gasteiger partial charge in [-0.2, -0.15) is 0 Å². The van der Waals surface area contributed by atoms with Gasteiger partial charge in [0.15, 0.2) is 0 Å². The molecule has 2 aromatic carbocycles. The maximum absolute atomic E-state index is 5.44. The molecule has 1 aliphatic rings. The first kappa shape index (κ1) is 11.6. The molecule has 3 aromatic rings. The average molecular weight is 261 g/mol. The predicted octanol–water partition coefficient (Wildman–Crippen LogP) is 4.28. The van der Waals surface area contributed by atoms with Crippen LogP contribution in [0.5, 0.6) is 0 Å². The van der Waals surface area contributed by atoms with Crippen LogP contribution in [0.1, 0.15) is 17.2 Å². The first-order valence-corrected chi connectivity index (χ1v) is 6.90. The highest BCUT2D eigenvalue weighted by Gasteiger charge is 2.27. The van der Waals surface area contributed by atoms with E-state index in [4.69, 9.17) is 9.72 Å². The summed E-state index contributed by atoms with van der Waals surface area (Å²) in [5.41, 5.74) is 5.71. The standard InChI is InChI=1S/C18H15NO/c1-12-10-14-8-5-9-15(16-11-20-16)18(14)19-17(12)13-6-3-2-4-7-13/h2-10,16H,11H2,1H3. The van der Waals surface area contributed by atoms with Gasteiger partial charge in [-0.1, -0.05) is 48.5 Å². The van der Waals surface area contributed by atoms with Gasteiger partial charge in [0.05, 0.1) is 17.8 Å². The molecule has 1 aliphatic heterocycles. The number of hydrogen-bond acceptors (Lipinski definition) is 2. The molecule has 0 spiro atoms. The average Bonchev–Trinajstić information content (AvgIpc) is 3.31. The van der Waals surface area contributed by atoms with Gasteiger partial charge in [-0.25, -0.2) is 4.98 Å². The molecule has 0 aliphatic carbocycles. The molecule has 0 amide bonds. The monoisotopic (exact) mass is 261 g/mol. The molecule has 1 aromatic heterocycles. The van der Waals surface area contributed by atoms with Crippen LogP contribution in [0.25, 0.3) is 22.2 Å². The van der Waals surface area contributed by atoms with Crippen molar-refractivity contribution in [2.75, 3.05) is 6.61 Å². The van der Waals surface area contributed by atoms with Crippen LogP contribution in [-0.4, -0.2) is 11.6 Å². The van der Waals surface area contributed by atoms with Crippen molar-refractivity contribution < 1.29 is 4.74 Å². The minimum Gasteiger partial charge on any atom is -0.368 e. The highest BCUT2D eigenvalue weighted by molar-refractivity contribution is 5.86. The van der Waals surface area contributed by atoms with E-state index in [1.165, 1.54) is 22.1 Å². The summed E-state index contributed by atoms with van der Waals surface area (Å²) in [5, 5.41) is 1.19. The first-order chi connectivity index (χ1) is 9.83. The number of aromatic nitrogens is 1. The molecule has 0 radical (unpaired) electrons. The molecule has 98 valence electrons. The second kappa shape index (κ2) is 4.43. The quantitative estimate of drug-likeness (QED) is 0.643. The van der Waals surface area contributed by atoms with Crippen molar-refractivity contribution in [1.29, 1.82) is 0 Å². The molecule has 1 saturated heterocycles. The van der Waals surface area contributed by atoms with E-state index in [-0.39, 0.29) is 6.10 Å². The zero-order valence-corrected chi connectivity index (χ0v) is 11.3. The number of ether oxygens (including phenoxy) is 1. The second-order valence-electron chi connectivity index (χ2n) is 5.26. The summed E-state index contributed by atoms with van der Waals surface area (Å²) in [6.45, 7) is 2.93. The van der Waals surface area contributed by atoms with Gasteiger partial charge in [0.1, 0.15) is 6.10 Å². The number of fused-ring (bicyclic) bond motifs is 1. The van der Waals surface area contributed by atoms with Crippen molar-refractivity contribution in [3.63, 3.8) is 0 Å². The molecule has 2 nitrogen and oxygen atoms in total. The van der Waals surface area contributed by atoms with Gasteiger partial charge in [0, 0.05) is 16.5 Å². The minimum absolute atomic E-state index is 0.234. The SMILES string of the molecule is Cc1cc2cccc(C3CO3)c2nc1-c1ccccc1. The maximum atomic E-state index is 5.44. The van der Waals surface area contributed by atoms with Crippen molar-refractivity contribution in [3.05, 3.63) is 65.7 Å². The van der Waals surface area contributed by atoms with E-state index in [1.807, 2.05) is 6.07 Å². The van der Waals surface area contributed by atoms with Crippen LogP contribution in [0.4, 0.5) is 0 Å². The summed E-state index contributed by atoms with van der Waals surface area (Å²) in [6, 6.07) is 18.9. The molecular formula is C18H15NO. The molecule has 0 bridgehead atoms. The molecule has 20 heavy (non-hydrogen) atoms. The highest BCUT2D eigenvalue weighted by Crippen LogP contribution is 2.35. The molecule has 2 heteroatoms. The van der Waals surface area contributed by atoms with E-state index in [2.05, 4.69) is 55.5 Å². The lowest BCUT2D eigenvalue weighted by atomic mass is 10.0. The molecule has 0 N–H and O–H groups in total. The third-order valence-corrected chi connectivity index (χ3v) is 3.80. The van der Waals surface area contributed by atoms with Crippen LogP contribution in [-0.2, 0) is 4.74 Å².